The highest BCUT2D eigenvalue weighted by atomic mass is 16.5. The minimum atomic E-state index is 0.0558. The molecule has 1 amide bonds. The molecule has 0 aromatic carbocycles. The van der Waals surface area contributed by atoms with E-state index in [-0.39, 0.29) is 5.91 Å². The first-order chi connectivity index (χ1) is 10.1. The van der Waals surface area contributed by atoms with Crippen LogP contribution < -0.4 is 11.1 Å². The van der Waals surface area contributed by atoms with Crippen molar-refractivity contribution in [1.82, 2.24) is 9.78 Å². The Morgan fingerprint density at radius 3 is 2.67 bits per heavy atom. The van der Waals surface area contributed by atoms with Crippen LogP contribution in [0.15, 0.2) is 0 Å². The average Bonchev–Trinajstić information content (AvgIpc) is 2.72. The molecule has 0 atom stereocenters. The van der Waals surface area contributed by atoms with E-state index in [1.807, 2.05) is 18.5 Å². The Morgan fingerprint density at radius 2 is 2.00 bits per heavy atom. The summed E-state index contributed by atoms with van der Waals surface area (Å²) in [4.78, 5) is 12.0. The maximum Gasteiger partial charge on any atom is 0.224 e. The first-order valence-electron chi connectivity index (χ1n) is 7.63. The third-order valence-corrected chi connectivity index (χ3v) is 3.51. The molecule has 0 bridgehead atoms. The monoisotopic (exact) mass is 296 g/mol. The number of methoxy groups -OCH3 is 1. The molecule has 0 radical (unpaired) electrons. The molecule has 1 rings (SSSR count). The van der Waals surface area contributed by atoms with Gasteiger partial charge in [0.05, 0.1) is 30.2 Å². The Balaban J connectivity index is 2.46. The Morgan fingerprint density at radius 1 is 1.29 bits per heavy atom. The van der Waals surface area contributed by atoms with Gasteiger partial charge in [-0.25, -0.2) is 0 Å². The molecule has 0 fully saturated rings. The van der Waals surface area contributed by atoms with Crippen LogP contribution >= 0.6 is 0 Å². The lowest BCUT2D eigenvalue weighted by molar-refractivity contribution is -0.116. The van der Waals surface area contributed by atoms with Gasteiger partial charge in [0.15, 0.2) is 0 Å². The molecule has 120 valence electrons. The summed E-state index contributed by atoms with van der Waals surface area (Å²) in [5.74, 6) is 0.0558. The molecule has 1 aromatic heterocycles. The summed E-state index contributed by atoms with van der Waals surface area (Å²) in [7, 11) is 1.67. The highest BCUT2D eigenvalue weighted by molar-refractivity contribution is 5.91. The van der Waals surface area contributed by atoms with Gasteiger partial charge in [0, 0.05) is 13.5 Å². The largest absolute Gasteiger partial charge is 0.383 e. The van der Waals surface area contributed by atoms with Crippen molar-refractivity contribution in [3.8, 4) is 0 Å². The van der Waals surface area contributed by atoms with Crippen molar-refractivity contribution in [2.45, 2.75) is 52.5 Å². The minimum Gasteiger partial charge on any atom is -0.383 e. The number of hydrogen-bond acceptors (Lipinski definition) is 4. The molecule has 21 heavy (non-hydrogen) atoms. The third-order valence-electron chi connectivity index (χ3n) is 3.51. The number of carbonyl (C=O) groups is 1. The van der Waals surface area contributed by atoms with Gasteiger partial charge in [0.25, 0.3) is 0 Å². The summed E-state index contributed by atoms with van der Waals surface area (Å²) < 4.78 is 6.93. The summed E-state index contributed by atoms with van der Waals surface area (Å²) in [6.45, 7) is 5.90. The molecule has 1 heterocycles. The number of hydrogen-bond donors (Lipinski definition) is 2. The standard InChI is InChI=1S/C15H28N4O2/c1-12-15(13(2)19(18-12)10-11-21-3)17-14(20)8-6-4-5-7-9-16/h4-11,16H2,1-3H3,(H,17,20). The van der Waals surface area contributed by atoms with E-state index in [0.29, 0.717) is 19.6 Å². The van der Waals surface area contributed by atoms with E-state index in [1.54, 1.807) is 7.11 Å². The summed E-state index contributed by atoms with van der Waals surface area (Å²) in [5.41, 5.74) is 8.10. The van der Waals surface area contributed by atoms with Crippen LogP contribution in [-0.4, -0.2) is 35.9 Å². The van der Waals surface area contributed by atoms with Gasteiger partial charge < -0.3 is 15.8 Å². The molecular weight excluding hydrogens is 268 g/mol. The second-order valence-electron chi connectivity index (χ2n) is 5.26. The Bertz CT molecular complexity index is 443. The number of nitrogens with zero attached hydrogens (tertiary/aromatic N) is 2. The predicted molar refractivity (Wildman–Crippen MR) is 84.3 cm³/mol. The molecule has 6 heteroatoms. The third kappa shape index (κ3) is 5.85. The number of nitrogens with two attached hydrogens (primary N) is 1. The minimum absolute atomic E-state index is 0.0558. The number of anilines is 1. The number of rotatable bonds is 10. The van der Waals surface area contributed by atoms with Crippen LogP contribution in [0.5, 0.6) is 0 Å². The second-order valence-corrected chi connectivity index (χ2v) is 5.26. The Hall–Kier alpha value is -1.40. The van der Waals surface area contributed by atoms with Crippen molar-refractivity contribution >= 4 is 11.6 Å². The van der Waals surface area contributed by atoms with Gasteiger partial charge in [-0.05, 0) is 33.2 Å². The molecule has 0 aliphatic rings. The predicted octanol–water partition coefficient (Wildman–Crippen LogP) is 1.99. The molecule has 0 aliphatic heterocycles. The van der Waals surface area contributed by atoms with Gasteiger partial charge >= 0.3 is 0 Å². The van der Waals surface area contributed by atoms with Crippen molar-refractivity contribution in [3.05, 3.63) is 11.4 Å². The van der Waals surface area contributed by atoms with Crippen LogP contribution in [0.4, 0.5) is 5.69 Å². The fourth-order valence-corrected chi connectivity index (χ4v) is 2.26. The first kappa shape index (κ1) is 17.7. The van der Waals surface area contributed by atoms with Crippen molar-refractivity contribution in [1.29, 1.82) is 0 Å². The van der Waals surface area contributed by atoms with Crippen LogP contribution in [0, 0.1) is 13.8 Å². The van der Waals surface area contributed by atoms with Gasteiger partial charge in [-0.15, -0.1) is 0 Å². The quantitative estimate of drug-likeness (QED) is 0.647. The fourth-order valence-electron chi connectivity index (χ4n) is 2.26. The zero-order valence-electron chi connectivity index (χ0n) is 13.4. The van der Waals surface area contributed by atoms with Crippen LogP contribution in [0.3, 0.4) is 0 Å². The van der Waals surface area contributed by atoms with Gasteiger partial charge in [-0.1, -0.05) is 12.8 Å². The molecule has 1 aromatic rings. The zero-order valence-corrected chi connectivity index (χ0v) is 13.4. The molecular formula is C15H28N4O2. The topological polar surface area (TPSA) is 82.2 Å². The van der Waals surface area contributed by atoms with Crippen molar-refractivity contribution < 1.29 is 9.53 Å². The normalized spacial score (nSPS) is 10.9. The number of aromatic nitrogens is 2. The fraction of sp³-hybridized carbons (Fsp3) is 0.733. The summed E-state index contributed by atoms with van der Waals surface area (Å²) in [5, 5.41) is 7.41. The average molecular weight is 296 g/mol. The summed E-state index contributed by atoms with van der Waals surface area (Å²) >= 11 is 0. The number of ether oxygens (including phenoxy) is 1. The van der Waals surface area contributed by atoms with Crippen molar-refractivity contribution in [3.63, 3.8) is 0 Å². The summed E-state index contributed by atoms with van der Waals surface area (Å²) in [6.07, 6.45) is 4.63. The first-order valence-corrected chi connectivity index (χ1v) is 7.63. The number of amides is 1. The molecule has 0 spiro atoms. The maximum atomic E-state index is 12.0. The number of unbranched alkanes of at least 4 members (excludes halogenated alkanes) is 3. The SMILES string of the molecule is COCCn1nc(C)c(NC(=O)CCCCCCN)c1C. The van der Waals surface area contributed by atoms with E-state index >= 15 is 0 Å². The molecule has 0 unspecified atom stereocenters. The van der Waals surface area contributed by atoms with E-state index in [1.165, 1.54) is 0 Å². The van der Waals surface area contributed by atoms with E-state index in [2.05, 4.69) is 10.4 Å². The van der Waals surface area contributed by atoms with E-state index < -0.39 is 0 Å². The molecule has 3 N–H and O–H groups in total. The van der Waals surface area contributed by atoms with Crippen LogP contribution in [0.2, 0.25) is 0 Å². The second kappa shape index (κ2) is 9.52. The van der Waals surface area contributed by atoms with E-state index in [0.717, 1.165) is 49.3 Å². The van der Waals surface area contributed by atoms with E-state index in [4.69, 9.17) is 10.5 Å². The molecule has 0 aliphatic carbocycles. The highest BCUT2D eigenvalue weighted by Gasteiger charge is 2.13. The van der Waals surface area contributed by atoms with Gasteiger partial charge in [-0.2, -0.15) is 5.10 Å². The van der Waals surface area contributed by atoms with Crippen molar-refractivity contribution in [2.24, 2.45) is 5.73 Å². The van der Waals surface area contributed by atoms with E-state index in [9.17, 15) is 4.79 Å². The number of aryl methyl sites for hydroxylation is 1. The smallest absolute Gasteiger partial charge is 0.224 e. The molecule has 0 saturated heterocycles. The van der Waals surface area contributed by atoms with Gasteiger partial charge in [0.2, 0.25) is 5.91 Å². The highest BCUT2D eigenvalue weighted by Crippen LogP contribution is 2.19. The summed E-state index contributed by atoms with van der Waals surface area (Å²) in [6, 6.07) is 0. The maximum absolute atomic E-state index is 12.0. The Labute approximate surface area is 127 Å². The zero-order chi connectivity index (χ0) is 15.7. The number of nitrogens with one attached hydrogen (secondary N) is 1. The van der Waals surface area contributed by atoms with Crippen LogP contribution in [-0.2, 0) is 16.1 Å². The van der Waals surface area contributed by atoms with Gasteiger partial charge in [0.1, 0.15) is 0 Å². The van der Waals surface area contributed by atoms with Crippen LogP contribution in [0.25, 0.3) is 0 Å². The van der Waals surface area contributed by atoms with Gasteiger partial charge in [-0.3, -0.25) is 9.48 Å². The molecule has 6 nitrogen and oxygen atoms in total. The lowest BCUT2D eigenvalue weighted by atomic mass is 10.1. The lowest BCUT2D eigenvalue weighted by Gasteiger charge is -2.07. The van der Waals surface area contributed by atoms with Crippen LogP contribution in [0.1, 0.15) is 43.5 Å². The lowest BCUT2D eigenvalue weighted by Crippen LogP contribution is -2.13. The van der Waals surface area contributed by atoms with Crippen molar-refractivity contribution in [2.75, 3.05) is 25.6 Å². The molecule has 0 saturated carbocycles. The number of carbonyl (C=O) groups excluding carboxylic acids is 1. The Kier molecular flexibility index (Phi) is 8.00.